The Morgan fingerprint density at radius 3 is 2.35 bits per heavy atom. The molecule has 1 aliphatic heterocycles. The van der Waals surface area contributed by atoms with Gasteiger partial charge in [0, 0.05) is 10.9 Å². The molecule has 0 N–H and O–H groups in total. The Labute approximate surface area is 155 Å². The van der Waals surface area contributed by atoms with Crippen molar-refractivity contribution >= 4 is 21.4 Å². The van der Waals surface area contributed by atoms with Crippen LogP contribution in [-0.2, 0) is 9.84 Å². The van der Waals surface area contributed by atoms with Crippen molar-refractivity contribution in [3.8, 4) is 23.6 Å². The molecule has 26 heavy (non-hydrogen) atoms. The highest BCUT2D eigenvalue weighted by Gasteiger charge is 2.73. The molecule has 0 saturated heterocycles. The average molecular weight is 387 g/mol. The topological polar surface area (TPSA) is 100 Å². The van der Waals surface area contributed by atoms with Gasteiger partial charge in [-0.05, 0) is 42.0 Å². The third-order valence-corrected chi connectivity index (χ3v) is 7.23. The number of hydrogen-bond donors (Lipinski definition) is 0. The number of fused-ring (bicyclic) bond motifs is 1. The third kappa shape index (κ3) is 2.25. The highest BCUT2D eigenvalue weighted by molar-refractivity contribution is 7.92. The van der Waals surface area contributed by atoms with Gasteiger partial charge in [0.1, 0.15) is 5.25 Å². The van der Waals surface area contributed by atoms with Gasteiger partial charge in [0.25, 0.3) is 0 Å². The minimum Gasteiger partial charge on any atom is -0.454 e. The summed E-state index contributed by atoms with van der Waals surface area (Å²) in [5.74, 6) is 0.250. The zero-order valence-electron chi connectivity index (χ0n) is 13.2. The number of halogens is 1. The predicted molar refractivity (Wildman–Crippen MR) is 91.4 cm³/mol. The van der Waals surface area contributed by atoms with Gasteiger partial charge in [-0.1, -0.05) is 17.7 Å². The minimum atomic E-state index is -3.90. The Bertz CT molecular complexity index is 1070. The summed E-state index contributed by atoms with van der Waals surface area (Å²) in [4.78, 5) is 0.0324. The summed E-state index contributed by atoms with van der Waals surface area (Å²) in [7, 11) is -3.90. The Morgan fingerprint density at radius 1 is 1.04 bits per heavy atom. The van der Waals surface area contributed by atoms with E-state index in [9.17, 15) is 18.9 Å². The van der Waals surface area contributed by atoms with Gasteiger partial charge in [-0.2, -0.15) is 10.5 Å². The van der Waals surface area contributed by atoms with Crippen molar-refractivity contribution in [3.05, 3.63) is 53.1 Å². The Balaban J connectivity index is 1.79. The lowest BCUT2D eigenvalue weighted by Crippen LogP contribution is -2.14. The van der Waals surface area contributed by atoms with E-state index in [-0.39, 0.29) is 11.7 Å². The highest BCUT2D eigenvalue weighted by Crippen LogP contribution is 2.64. The fourth-order valence-electron chi connectivity index (χ4n) is 3.39. The SMILES string of the molecule is N#CC1(C#N)C(c2ccc3c(c2)OCO3)C1S(=O)(=O)c1ccc(Cl)cc1. The summed E-state index contributed by atoms with van der Waals surface area (Å²) in [5, 5.41) is 18.4. The van der Waals surface area contributed by atoms with Crippen LogP contribution in [0.3, 0.4) is 0 Å². The van der Waals surface area contributed by atoms with E-state index in [0.29, 0.717) is 22.1 Å². The van der Waals surface area contributed by atoms with Crippen molar-refractivity contribution in [1.29, 1.82) is 10.5 Å². The minimum absolute atomic E-state index is 0.0324. The number of nitrogens with zero attached hydrogens (tertiary/aromatic N) is 2. The molecule has 1 heterocycles. The zero-order valence-corrected chi connectivity index (χ0v) is 14.8. The molecule has 2 aromatic rings. The molecule has 1 fully saturated rings. The first-order valence-corrected chi connectivity index (χ1v) is 9.58. The van der Waals surface area contributed by atoms with Gasteiger partial charge in [0.2, 0.25) is 6.79 Å². The van der Waals surface area contributed by atoms with Crippen LogP contribution in [-0.4, -0.2) is 20.5 Å². The van der Waals surface area contributed by atoms with Crippen molar-refractivity contribution in [3.63, 3.8) is 0 Å². The Kier molecular flexibility index (Phi) is 3.62. The molecule has 2 aliphatic rings. The number of benzene rings is 2. The van der Waals surface area contributed by atoms with Gasteiger partial charge in [0.15, 0.2) is 26.8 Å². The third-order valence-electron chi connectivity index (χ3n) is 4.74. The van der Waals surface area contributed by atoms with E-state index < -0.39 is 26.4 Å². The van der Waals surface area contributed by atoms with Crippen LogP contribution in [0.15, 0.2) is 47.4 Å². The van der Waals surface area contributed by atoms with Crippen LogP contribution in [0.4, 0.5) is 0 Å². The van der Waals surface area contributed by atoms with Crippen LogP contribution in [0.5, 0.6) is 11.5 Å². The van der Waals surface area contributed by atoms with E-state index in [1.54, 1.807) is 18.2 Å². The Morgan fingerprint density at radius 2 is 1.69 bits per heavy atom. The first-order valence-electron chi connectivity index (χ1n) is 7.65. The number of sulfone groups is 1. The monoisotopic (exact) mass is 386 g/mol. The van der Waals surface area contributed by atoms with Crippen molar-refractivity contribution in [1.82, 2.24) is 0 Å². The van der Waals surface area contributed by atoms with Crippen LogP contribution in [0.25, 0.3) is 0 Å². The smallest absolute Gasteiger partial charge is 0.231 e. The molecule has 0 aromatic heterocycles. The molecular weight excluding hydrogens is 376 g/mol. The lowest BCUT2D eigenvalue weighted by molar-refractivity contribution is 0.174. The second-order valence-electron chi connectivity index (χ2n) is 6.10. The molecule has 8 heteroatoms. The van der Waals surface area contributed by atoms with Gasteiger partial charge in [0.05, 0.1) is 17.0 Å². The van der Waals surface area contributed by atoms with Gasteiger partial charge < -0.3 is 9.47 Å². The van der Waals surface area contributed by atoms with Crippen LogP contribution in [0, 0.1) is 28.1 Å². The molecule has 1 saturated carbocycles. The van der Waals surface area contributed by atoms with Crippen LogP contribution in [0.1, 0.15) is 11.5 Å². The fourth-order valence-corrected chi connectivity index (χ4v) is 5.71. The standard InChI is InChI=1S/C18H11ClN2O4S/c19-12-2-4-13(5-3-12)26(22,23)17-16(18(17,8-20)9-21)11-1-6-14-15(7-11)25-10-24-14/h1-7,16-17H,10H2. The molecular formula is C18H11ClN2O4S. The summed E-state index contributed by atoms with van der Waals surface area (Å²) in [6.07, 6.45) is 0. The fraction of sp³-hybridized carbons (Fsp3) is 0.222. The van der Waals surface area contributed by atoms with E-state index >= 15 is 0 Å². The Hall–Kier alpha value is -2.74. The maximum absolute atomic E-state index is 13.1. The van der Waals surface area contributed by atoms with E-state index in [2.05, 4.69) is 0 Å². The molecule has 0 spiro atoms. The normalized spacial score (nSPS) is 22.3. The summed E-state index contributed by atoms with van der Waals surface area (Å²) in [6, 6.07) is 14.5. The maximum Gasteiger partial charge on any atom is 0.231 e. The summed E-state index contributed by atoms with van der Waals surface area (Å²) < 4.78 is 36.7. The number of ether oxygens (including phenoxy) is 2. The van der Waals surface area contributed by atoms with Gasteiger partial charge in [-0.15, -0.1) is 0 Å². The average Bonchev–Trinajstić information content (AvgIpc) is 3.12. The summed E-state index contributed by atoms with van der Waals surface area (Å²) in [6.45, 7) is 0.0810. The molecule has 130 valence electrons. The molecule has 0 amide bonds. The molecule has 2 unspecified atom stereocenters. The number of nitriles is 2. The van der Waals surface area contributed by atoms with Gasteiger partial charge in [-0.25, -0.2) is 8.42 Å². The lowest BCUT2D eigenvalue weighted by atomic mass is 10.0. The molecule has 6 nitrogen and oxygen atoms in total. The summed E-state index contributed by atoms with van der Waals surface area (Å²) >= 11 is 5.82. The first-order chi connectivity index (χ1) is 12.4. The molecule has 2 aromatic carbocycles. The molecule has 0 bridgehead atoms. The van der Waals surface area contributed by atoms with Crippen molar-refractivity contribution in [2.24, 2.45) is 5.41 Å². The van der Waals surface area contributed by atoms with Crippen LogP contribution in [0.2, 0.25) is 5.02 Å². The van der Waals surface area contributed by atoms with Crippen molar-refractivity contribution in [2.75, 3.05) is 6.79 Å². The summed E-state index contributed by atoms with van der Waals surface area (Å²) in [5.41, 5.74) is -1.09. The van der Waals surface area contributed by atoms with Gasteiger partial charge in [-0.3, -0.25) is 0 Å². The molecule has 4 rings (SSSR count). The van der Waals surface area contributed by atoms with Gasteiger partial charge >= 0.3 is 0 Å². The molecule has 1 aliphatic carbocycles. The van der Waals surface area contributed by atoms with E-state index in [1.165, 1.54) is 24.3 Å². The van der Waals surface area contributed by atoms with Crippen LogP contribution >= 0.6 is 11.6 Å². The second-order valence-corrected chi connectivity index (χ2v) is 8.61. The maximum atomic E-state index is 13.1. The van der Waals surface area contributed by atoms with Crippen molar-refractivity contribution in [2.45, 2.75) is 16.1 Å². The van der Waals surface area contributed by atoms with E-state index in [0.717, 1.165) is 0 Å². The first kappa shape index (κ1) is 16.7. The number of rotatable bonds is 3. The molecule has 0 radical (unpaired) electrons. The lowest BCUT2D eigenvalue weighted by Gasteiger charge is -2.04. The van der Waals surface area contributed by atoms with Crippen molar-refractivity contribution < 1.29 is 17.9 Å². The molecule has 2 atom stereocenters. The predicted octanol–water partition coefficient (Wildman–Crippen LogP) is 3.04. The van der Waals surface area contributed by atoms with E-state index in [4.69, 9.17) is 21.1 Å². The number of hydrogen-bond acceptors (Lipinski definition) is 6. The van der Waals surface area contributed by atoms with E-state index in [1.807, 2.05) is 12.1 Å². The largest absolute Gasteiger partial charge is 0.454 e. The van der Waals surface area contributed by atoms with Crippen LogP contribution < -0.4 is 9.47 Å². The second kappa shape index (κ2) is 5.63. The quantitative estimate of drug-likeness (QED) is 0.803. The highest BCUT2D eigenvalue weighted by atomic mass is 35.5. The zero-order chi connectivity index (χ0) is 18.5.